The molecule has 0 saturated carbocycles. The monoisotopic (exact) mass is 464 g/mol. The molecule has 0 atom stereocenters. The highest BCUT2D eigenvalue weighted by Crippen LogP contribution is 2.30. The van der Waals surface area contributed by atoms with Gasteiger partial charge in [0.2, 0.25) is 5.88 Å². The van der Waals surface area contributed by atoms with E-state index in [2.05, 4.69) is 10.5 Å². The van der Waals surface area contributed by atoms with Gasteiger partial charge in [-0.1, -0.05) is 41.0 Å². The van der Waals surface area contributed by atoms with E-state index in [0.717, 1.165) is 6.08 Å². The fourth-order valence-electron chi connectivity index (χ4n) is 3.10. The standard InChI is InChI=1S/C24H17ClN2O6/c1-2-31-24(30)20-21(14-7-10-16(25)11-8-14)27-33-23(20)26-19(28)12-9-15-13-32-18-6-4-3-5-17(18)22(15)29/h3-13H,2H2,1H3,(H,26,28)/b12-9+. The number of nitrogens with one attached hydrogen (secondary N) is 1. The lowest BCUT2D eigenvalue weighted by Gasteiger charge is -2.04. The van der Waals surface area contributed by atoms with E-state index in [0.29, 0.717) is 21.6 Å². The van der Waals surface area contributed by atoms with Gasteiger partial charge in [-0.2, -0.15) is 0 Å². The Kier molecular flexibility index (Phi) is 6.37. The quantitative estimate of drug-likeness (QED) is 0.318. The largest absolute Gasteiger partial charge is 0.463 e. The van der Waals surface area contributed by atoms with E-state index in [-0.39, 0.29) is 34.7 Å². The van der Waals surface area contributed by atoms with Crippen molar-refractivity contribution < 1.29 is 23.3 Å². The van der Waals surface area contributed by atoms with Crippen LogP contribution < -0.4 is 10.7 Å². The Hall–Kier alpha value is -4.17. The Balaban J connectivity index is 1.61. The van der Waals surface area contributed by atoms with Crippen molar-refractivity contribution in [3.05, 3.63) is 87.2 Å². The van der Waals surface area contributed by atoms with Gasteiger partial charge in [-0.25, -0.2) is 4.79 Å². The number of anilines is 1. The third-order valence-corrected chi connectivity index (χ3v) is 4.90. The van der Waals surface area contributed by atoms with Crippen LogP contribution >= 0.6 is 11.6 Å². The number of rotatable bonds is 6. The number of para-hydroxylation sites is 1. The highest BCUT2D eigenvalue weighted by atomic mass is 35.5. The van der Waals surface area contributed by atoms with Gasteiger partial charge in [0.15, 0.2) is 11.0 Å². The van der Waals surface area contributed by atoms with E-state index in [1.54, 1.807) is 55.5 Å². The van der Waals surface area contributed by atoms with Crippen LogP contribution in [0.25, 0.3) is 28.3 Å². The van der Waals surface area contributed by atoms with Gasteiger partial charge in [-0.05, 0) is 37.3 Å². The fraction of sp³-hybridized carbons (Fsp3) is 0.0833. The van der Waals surface area contributed by atoms with Crippen LogP contribution in [0.2, 0.25) is 5.02 Å². The molecule has 0 saturated heterocycles. The molecule has 0 aliphatic rings. The van der Waals surface area contributed by atoms with Crippen LogP contribution in [-0.2, 0) is 9.53 Å². The van der Waals surface area contributed by atoms with Crippen molar-refractivity contribution in [2.24, 2.45) is 0 Å². The smallest absolute Gasteiger partial charge is 0.346 e. The molecule has 2 aromatic heterocycles. The van der Waals surface area contributed by atoms with E-state index in [4.69, 9.17) is 25.3 Å². The minimum absolute atomic E-state index is 0.0360. The summed E-state index contributed by atoms with van der Waals surface area (Å²) >= 11 is 5.92. The lowest BCUT2D eigenvalue weighted by molar-refractivity contribution is -0.112. The fourth-order valence-corrected chi connectivity index (χ4v) is 3.23. The number of fused-ring (bicyclic) bond motifs is 1. The molecule has 33 heavy (non-hydrogen) atoms. The Bertz CT molecular complexity index is 1420. The normalized spacial score (nSPS) is 11.1. The minimum Gasteiger partial charge on any atom is -0.463 e. The zero-order valence-electron chi connectivity index (χ0n) is 17.3. The van der Waals surface area contributed by atoms with Crippen molar-refractivity contribution in [2.45, 2.75) is 6.92 Å². The second-order valence-electron chi connectivity index (χ2n) is 6.80. The maximum atomic E-state index is 12.6. The first kappa shape index (κ1) is 22.0. The van der Waals surface area contributed by atoms with Gasteiger partial charge in [0, 0.05) is 16.7 Å². The summed E-state index contributed by atoms with van der Waals surface area (Å²) in [4.78, 5) is 37.6. The van der Waals surface area contributed by atoms with Gasteiger partial charge >= 0.3 is 5.97 Å². The second-order valence-corrected chi connectivity index (χ2v) is 7.24. The van der Waals surface area contributed by atoms with Crippen LogP contribution in [0.1, 0.15) is 22.8 Å². The van der Waals surface area contributed by atoms with E-state index >= 15 is 0 Å². The van der Waals surface area contributed by atoms with Crippen LogP contribution in [0.15, 0.2) is 74.6 Å². The summed E-state index contributed by atoms with van der Waals surface area (Å²) in [7, 11) is 0. The molecule has 0 bridgehead atoms. The summed E-state index contributed by atoms with van der Waals surface area (Å²) in [5.74, 6) is -1.54. The number of nitrogens with zero attached hydrogens (tertiary/aromatic N) is 1. The molecule has 1 amide bonds. The molecule has 0 aliphatic carbocycles. The van der Waals surface area contributed by atoms with Crippen LogP contribution in [-0.4, -0.2) is 23.6 Å². The summed E-state index contributed by atoms with van der Waals surface area (Å²) in [6.45, 7) is 1.78. The van der Waals surface area contributed by atoms with Crippen molar-refractivity contribution in [2.75, 3.05) is 11.9 Å². The molecule has 166 valence electrons. The first-order valence-corrected chi connectivity index (χ1v) is 10.3. The predicted octanol–water partition coefficient (Wildman–Crippen LogP) is 4.93. The van der Waals surface area contributed by atoms with Crippen LogP contribution in [0, 0.1) is 0 Å². The Morgan fingerprint density at radius 1 is 1.15 bits per heavy atom. The van der Waals surface area contributed by atoms with Gasteiger partial charge in [-0.15, -0.1) is 0 Å². The van der Waals surface area contributed by atoms with Gasteiger partial charge < -0.3 is 13.7 Å². The van der Waals surface area contributed by atoms with Crippen molar-refractivity contribution in [1.82, 2.24) is 5.16 Å². The molecule has 9 heteroatoms. The lowest BCUT2D eigenvalue weighted by atomic mass is 10.1. The number of amides is 1. The molecule has 0 fully saturated rings. The number of carbonyl (C=O) groups is 2. The Morgan fingerprint density at radius 3 is 2.67 bits per heavy atom. The molecular formula is C24H17ClN2O6. The molecule has 8 nitrogen and oxygen atoms in total. The van der Waals surface area contributed by atoms with E-state index in [9.17, 15) is 14.4 Å². The van der Waals surface area contributed by atoms with Gasteiger partial charge in [-0.3, -0.25) is 14.9 Å². The topological polar surface area (TPSA) is 112 Å². The van der Waals surface area contributed by atoms with Gasteiger partial charge in [0.05, 0.1) is 17.6 Å². The molecule has 0 unspecified atom stereocenters. The number of ether oxygens (including phenoxy) is 1. The maximum Gasteiger partial charge on any atom is 0.346 e. The molecular weight excluding hydrogens is 448 g/mol. The first-order chi connectivity index (χ1) is 16.0. The summed E-state index contributed by atoms with van der Waals surface area (Å²) in [5.41, 5.74) is 1.06. The summed E-state index contributed by atoms with van der Waals surface area (Å²) in [6, 6.07) is 13.4. The third kappa shape index (κ3) is 4.70. The van der Waals surface area contributed by atoms with Crippen molar-refractivity contribution in [3.8, 4) is 11.3 Å². The molecule has 2 heterocycles. The third-order valence-electron chi connectivity index (χ3n) is 4.65. The molecule has 1 N–H and O–H groups in total. The number of benzene rings is 2. The zero-order chi connectivity index (χ0) is 23.4. The molecule has 0 aliphatic heterocycles. The van der Waals surface area contributed by atoms with E-state index < -0.39 is 11.9 Å². The van der Waals surface area contributed by atoms with Crippen molar-refractivity contribution in [1.29, 1.82) is 0 Å². The van der Waals surface area contributed by atoms with E-state index in [1.165, 1.54) is 12.3 Å². The number of aromatic nitrogens is 1. The molecule has 4 aromatic rings. The Labute approximate surface area is 192 Å². The average molecular weight is 465 g/mol. The number of carbonyl (C=O) groups excluding carboxylic acids is 2. The molecule has 0 radical (unpaired) electrons. The number of esters is 1. The lowest BCUT2D eigenvalue weighted by Crippen LogP contribution is -2.13. The summed E-state index contributed by atoms with van der Waals surface area (Å²) < 4.78 is 15.7. The number of hydrogen-bond donors (Lipinski definition) is 1. The summed E-state index contributed by atoms with van der Waals surface area (Å²) in [5, 5.41) is 7.29. The van der Waals surface area contributed by atoms with Gasteiger partial charge in [0.1, 0.15) is 17.5 Å². The Morgan fingerprint density at radius 2 is 1.91 bits per heavy atom. The number of hydrogen-bond acceptors (Lipinski definition) is 7. The van der Waals surface area contributed by atoms with Crippen molar-refractivity contribution >= 4 is 46.4 Å². The first-order valence-electron chi connectivity index (χ1n) is 9.90. The molecule has 0 spiro atoms. The minimum atomic E-state index is -0.710. The molecule has 4 rings (SSSR count). The zero-order valence-corrected chi connectivity index (χ0v) is 18.1. The highest BCUT2D eigenvalue weighted by Gasteiger charge is 2.26. The average Bonchev–Trinajstić information content (AvgIpc) is 3.23. The van der Waals surface area contributed by atoms with Crippen molar-refractivity contribution in [3.63, 3.8) is 0 Å². The van der Waals surface area contributed by atoms with Crippen LogP contribution in [0.5, 0.6) is 0 Å². The highest BCUT2D eigenvalue weighted by molar-refractivity contribution is 6.30. The van der Waals surface area contributed by atoms with Gasteiger partial charge in [0.25, 0.3) is 5.91 Å². The van der Waals surface area contributed by atoms with Crippen LogP contribution in [0.4, 0.5) is 5.88 Å². The second kappa shape index (κ2) is 9.54. The SMILES string of the molecule is CCOC(=O)c1c(-c2ccc(Cl)cc2)noc1NC(=O)/C=C/c1coc2ccccc2c1=O. The predicted molar refractivity (Wildman–Crippen MR) is 123 cm³/mol. The maximum absolute atomic E-state index is 12.6. The number of halogens is 1. The van der Waals surface area contributed by atoms with Crippen LogP contribution in [0.3, 0.4) is 0 Å². The summed E-state index contributed by atoms with van der Waals surface area (Å²) in [6.07, 6.45) is 3.71. The molecule has 2 aromatic carbocycles. The van der Waals surface area contributed by atoms with E-state index in [1.807, 2.05) is 0 Å².